The van der Waals surface area contributed by atoms with Crippen LogP contribution in [0.1, 0.15) is 88.0 Å². The van der Waals surface area contributed by atoms with Crippen LogP contribution in [0, 0.1) is 11.2 Å². The van der Waals surface area contributed by atoms with Gasteiger partial charge in [0.05, 0.1) is 25.3 Å². The van der Waals surface area contributed by atoms with Crippen LogP contribution in [0.3, 0.4) is 0 Å². The fourth-order valence-corrected chi connectivity index (χ4v) is 4.35. The van der Waals surface area contributed by atoms with Crippen LogP contribution in [-0.4, -0.2) is 41.4 Å². The van der Waals surface area contributed by atoms with Crippen molar-refractivity contribution in [3.8, 4) is 17.2 Å². The van der Waals surface area contributed by atoms with Gasteiger partial charge >= 0.3 is 0 Å². The monoisotopic (exact) mass is 564 g/mol. The van der Waals surface area contributed by atoms with Gasteiger partial charge in [0.25, 0.3) is 0 Å². The van der Waals surface area contributed by atoms with E-state index in [2.05, 4.69) is 0 Å². The van der Waals surface area contributed by atoms with Gasteiger partial charge in [0.15, 0.2) is 23.1 Å². The van der Waals surface area contributed by atoms with Gasteiger partial charge in [-0.05, 0) is 48.4 Å². The molecule has 0 spiro atoms. The average Bonchev–Trinajstić information content (AvgIpc) is 3.01. The average molecular weight is 566 g/mol. The van der Waals surface area contributed by atoms with Crippen LogP contribution in [0.15, 0.2) is 18.2 Å². The third kappa shape index (κ3) is 5.69. The SMILES string of the molecule is Br.COc1c(OC(C)C)cc2c(c1F)C(=N)N(CC(=O)c1cc(C(C)(C)C)c(O)c(C(C)(C)C)c1)C2. The number of hydrogen-bond acceptors (Lipinski definition) is 5. The molecule has 0 bridgehead atoms. The molecule has 1 aliphatic heterocycles. The summed E-state index contributed by atoms with van der Waals surface area (Å²) >= 11 is 0. The topological polar surface area (TPSA) is 82.9 Å². The molecule has 0 saturated heterocycles. The molecular weight excluding hydrogens is 527 g/mol. The first-order valence-electron chi connectivity index (χ1n) is 11.9. The van der Waals surface area contributed by atoms with E-state index in [0.29, 0.717) is 22.3 Å². The molecule has 3 rings (SSSR count). The van der Waals surface area contributed by atoms with Crippen molar-refractivity contribution in [1.29, 1.82) is 5.41 Å². The Labute approximate surface area is 224 Å². The second kappa shape index (κ2) is 10.4. The van der Waals surface area contributed by atoms with E-state index in [-0.39, 0.29) is 81.4 Å². The zero-order valence-corrected chi connectivity index (χ0v) is 24.3. The first-order chi connectivity index (χ1) is 16.1. The standard InChI is InChI=1S/C28H37FN2O4.BrH/c1-15(2)35-21-12-17-13-31(26(30)22(17)23(29)25(21)34-9)14-20(32)16-10-18(27(3,4)5)24(33)19(11-16)28(6,7)8;/h10-12,15,30,33H,13-14H2,1-9H3;1H. The number of nitrogens with one attached hydrogen (secondary N) is 1. The maximum absolute atomic E-state index is 15.3. The third-order valence-corrected chi connectivity index (χ3v) is 6.13. The summed E-state index contributed by atoms with van der Waals surface area (Å²) in [5.41, 5.74) is 1.81. The lowest BCUT2D eigenvalue weighted by molar-refractivity contribution is 0.0962. The first-order valence-corrected chi connectivity index (χ1v) is 11.9. The van der Waals surface area contributed by atoms with Gasteiger partial charge in [0.2, 0.25) is 0 Å². The van der Waals surface area contributed by atoms with Crippen LogP contribution < -0.4 is 9.47 Å². The number of fused-ring (bicyclic) bond motifs is 1. The van der Waals surface area contributed by atoms with E-state index in [1.54, 1.807) is 23.1 Å². The van der Waals surface area contributed by atoms with Gasteiger partial charge in [-0.3, -0.25) is 10.2 Å². The Morgan fingerprint density at radius 2 is 1.64 bits per heavy atom. The van der Waals surface area contributed by atoms with Crippen LogP contribution >= 0.6 is 17.0 Å². The molecule has 0 unspecified atom stereocenters. The molecule has 0 saturated carbocycles. The fourth-order valence-electron chi connectivity index (χ4n) is 4.35. The normalized spacial score (nSPS) is 13.5. The van der Waals surface area contributed by atoms with E-state index in [0.717, 1.165) is 0 Å². The van der Waals surface area contributed by atoms with Gasteiger partial charge < -0.3 is 19.5 Å². The number of phenolic OH excluding ortho intramolecular Hbond substituents is 1. The van der Waals surface area contributed by atoms with E-state index < -0.39 is 5.82 Å². The van der Waals surface area contributed by atoms with E-state index in [9.17, 15) is 9.90 Å². The number of methoxy groups -OCH3 is 1. The summed E-state index contributed by atoms with van der Waals surface area (Å²) in [6.45, 7) is 15.7. The van der Waals surface area contributed by atoms with Crippen LogP contribution in [0.2, 0.25) is 0 Å². The number of halogens is 2. The minimum Gasteiger partial charge on any atom is -0.507 e. The molecule has 1 heterocycles. The Bertz CT molecular complexity index is 1140. The lowest BCUT2D eigenvalue weighted by atomic mass is 9.78. The predicted octanol–water partition coefficient (Wildman–Crippen LogP) is 6.52. The number of hydrogen-bond donors (Lipinski definition) is 2. The molecule has 2 N–H and O–H groups in total. The van der Waals surface area contributed by atoms with Crippen LogP contribution in [0.5, 0.6) is 17.2 Å². The van der Waals surface area contributed by atoms with E-state index in [1.165, 1.54) is 7.11 Å². The molecule has 36 heavy (non-hydrogen) atoms. The number of Topliss-reactive ketones (excluding diaryl/α,β-unsaturated/α-hetero) is 1. The van der Waals surface area contributed by atoms with Crippen molar-refractivity contribution in [2.75, 3.05) is 13.7 Å². The summed E-state index contributed by atoms with van der Waals surface area (Å²) in [5.74, 6) is -0.484. The number of phenols is 1. The van der Waals surface area contributed by atoms with Crippen LogP contribution in [0.4, 0.5) is 4.39 Å². The van der Waals surface area contributed by atoms with Crippen LogP contribution in [0.25, 0.3) is 0 Å². The number of rotatable bonds is 6. The van der Waals surface area contributed by atoms with Gasteiger partial charge in [0.1, 0.15) is 11.6 Å². The minimum atomic E-state index is -0.657. The molecule has 2 aromatic carbocycles. The van der Waals surface area contributed by atoms with E-state index in [4.69, 9.17) is 14.9 Å². The Hall–Kier alpha value is -2.61. The number of carbonyl (C=O) groups excluding carboxylic acids is 1. The fraction of sp³-hybridized carbons (Fsp3) is 0.500. The second-order valence-corrected chi connectivity index (χ2v) is 11.5. The molecule has 0 atom stereocenters. The largest absolute Gasteiger partial charge is 0.507 e. The molecular formula is C28H38BrFN2O4. The van der Waals surface area contributed by atoms with Gasteiger partial charge in [-0.25, -0.2) is 4.39 Å². The highest BCUT2D eigenvalue weighted by molar-refractivity contribution is 8.93. The van der Waals surface area contributed by atoms with Crippen LogP contribution in [-0.2, 0) is 17.4 Å². The number of aromatic hydroxyl groups is 1. The quantitative estimate of drug-likeness (QED) is 0.390. The van der Waals surface area contributed by atoms with Gasteiger partial charge in [-0.2, -0.15) is 0 Å². The molecule has 0 aliphatic carbocycles. The van der Waals surface area contributed by atoms with Crippen molar-refractivity contribution in [3.05, 3.63) is 51.8 Å². The third-order valence-electron chi connectivity index (χ3n) is 6.13. The van der Waals surface area contributed by atoms with Crippen molar-refractivity contribution in [1.82, 2.24) is 4.90 Å². The lowest BCUT2D eigenvalue weighted by Gasteiger charge is -2.28. The zero-order valence-electron chi connectivity index (χ0n) is 22.6. The van der Waals surface area contributed by atoms with Crippen molar-refractivity contribution in [2.24, 2.45) is 0 Å². The molecule has 0 fully saturated rings. The number of ketones is 1. The maximum Gasteiger partial charge on any atom is 0.197 e. The van der Waals surface area contributed by atoms with Gasteiger partial charge in [0, 0.05) is 23.2 Å². The molecule has 2 aromatic rings. The van der Waals surface area contributed by atoms with Crippen molar-refractivity contribution in [2.45, 2.75) is 78.9 Å². The number of carbonyl (C=O) groups is 1. The van der Waals surface area contributed by atoms with Crippen molar-refractivity contribution < 1.29 is 23.8 Å². The smallest absolute Gasteiger partial charge is 0.197 e. The molecule has 8 heteroatoms. The van der Waals surface area contributed by atoms with E-state index in [1.807, 2.05) is 55.4 Å². The maximum atomic E-state index is 15.3. The summed E-state index contributed by atoms with van der Waals surface area (Å²) in [6.07, 6.45) is -0.177. The highest BCUT2D eigenvalue weighted by atomic mass is 79.9. The Morgan fingerprint density at radius 3 is 2.08 bits per heavy atom. The first kappa shape index (κ1) is 29.6. The molecule has 0 amide bonds. The summed E-state index contributed by atoms with van der Waals surface area (Å²) in [4.78, 5) is 15.0. The zero-order chi connectivity index (χ0) is 26.5. The number of ether oxygens (including phenoxy) is 2. The van der Waals surface area contributed by atoms with E-state index >= 15 is 4.39 Å². The highest BCUT2D eigenvalue weighted by Gasteiger charge is 2.34. The molecule has 6 nitrogen and oxygen atoms in total. The second-order valence-electron chi connectivity index (χ2n) is 11.5. The number of nitrogens with zero attached hydrogens (tertiary/aromatic N) is 1. The molecule has 1 aliphatic rings. The number of amidine groups is 1. The summed E-state index contributed by atoms with van der Waals surface area (Å²) in [6, 6.07) is 5.15. The Balaban J connectivity index is 0.00000456. The summed E-state index contributed by atoms with van der Waals surface area (Å²) in [5, 5.41) is 19.5. The molecule has 0 radical (unpaired) electrons. The Morgan fingerprint density at radius 1 is 1.11 bits per heavy atom. The van der Waals surface area contributed by atoms with Gasteiger partial charge in [-0.1, -0.05) is 41.5 Å². The lowest BCUT2D eigenvalue weighted by Crippen LogP contribution is -2.31. The minimum absolute atomic E-state index is 0. The molecule has 198 valence electrons. The van der Waals surface area contributed by atoms with Crippen molar-refractivity contribution in [3.63, 3.8) is 0 Å². The van der Waals surface area contributed by atoms with Crippen molar-refractivity contribution >= 4 is 28.6 Å². The highest BCUT2D eigenvalue weighted by Crippen LogP contribution is 2.41. The number of benzene rings is 2. The predicted molar refractivity (Wildman–Crippen MR) is 146 cm³/mol. The van der Waals surface area contributed by atoms with Gasteiger partial charge in [-0.15, -0.1) is 17.0 Å². The summed E-state index contributed by atoms with van der Waals surface area (Å²) < 4.78 is 26.2. The molecule has 0 aromatic heterocycles. The summed E-state index contributed by atoms with van der Waals surface area (Å²) in [7, 11) is 1.36. The Kier molecular flexibility index (Phi) is 8.56.